The van der Waals surface area contributed by atoms with Gasteiger partial charge in [-0.15, -0.1) is 0 Å². The highest BCUT2D eigenvalue weighted by Gasteiger charge is 2.03. The van der Waals surface area contributed by atoms with Gasteiger partial charge in [0, 0.05) is 18.4 Å². The molecule has 1 aromatic heterocycles. The number of aryl methyl sites for hydroxylation is 1. The zero-order chi connectivity index (χ0) is 11.3. The van der Waals surface area contributed by atoms with Gasteiger partial charge in [0.05, 0.1) is 13.1 Å². The molecule has 1 amide bonds. The molecule has 0 radical (unpaired) electrons. The Kier molecular flexibility index (Phi) is 4.37. The minimum Gasteiger partial charge on any atom is -0.350 e. The van der Waals surface area contributed by atoms with Gasteiger partial charge in [0.2, 0.25) is 5.91 Å². The van der Waals surface area contributed by atoms with Gasteiger partial charge in [-0.05, 0) is 25.6 Å². The molecule has 4 nitrogen and oxygen atoms in total. The second kappa shape index (κ2) is 5.56. The molecule has 0 bridgehead atoms. The normalized spacial score (nSPS) is 10.3. The van der Waals surface area contributed by atoms with Crippen LogP contribution >= 0.6 is 0 Å². The van der Waals surface area contributed by atoms with E-state index in [0.29, 0.717) is 13.1 Å². The Labute approximate surface area is 90.7 Å². The van der Waals surface area contributed by atoms with Crippen LogP contribution in [-0.4, -0.2) is 23.6 Å². The SMILES string of the molecule is CCNCC(=O)NCc1ccc(C)n1C. The van der Waals surface area contributed by atoms with E-state index in [1.807, 2.05) is 33.0 Å². The van der Waals surface area contributed by atoms with E-state index in [4.69, 9.17) is 0 Å². The highest BCUT2D eigenvalue weighted by atomic mass is 16.1. The molecule has 0 aliphatic rings. The lowest BCUT2D eigenvalue weighted by molar-refractivity contribution is -0.120. The number of amides is 1. The first-order valence-corrected chi connectivity index (χ1v) is 5.23. The average molecular weight is 209 g/mol. The van der Waals surface area contributed by atoms with Gasteiger partial charge in [-0.25, -0.2) is 0 Å². The zero-order valence-electron chi connectivity index (χ0n) is 9.63. The third kappa shape index (κ3) is 3.40. The van der Waals surface area contributed by atoms with Crippen LogP contribution in [0.25, 0.3) is 0 Å². The molecule has 0 spiro atoms. The summed E-state index contributed by atoms with van der Waals surface area (Å²) >= 11 is 0. The fourth-order valence-electron chi connectivity index (χ4n) is 1.33. The van der Waals surface area contributed by atoms with Crippen LogP contribution in [0.2, 0.25) is 0 Å². The summed E-state index contributed by atoms with van der Waals surface area (Å²) in [6, 6.07) is 4.08. The van der Waals surface area contributed by atoms with Crippen LogP contribution < -0.4 is 10.6 Å². The molecule has 4 heteroatoms. The first-order chi connectivity index (χ1) is 7.15. The molecule has 0 fully saturated rings. The summed E-state index contributed by atoms with van der Waals surface area (Å²) in [6.45, 7) is 5.82. The fourth-order valence-corrected chi connectivity index (χ4v) is 1.33. The Morgan fingerprint density at radius 3 is 2.73 bits per heavy atom. The first-order valence-electron chi connectivity index (χ1n) is 5.23. The molecule has 0 aromatic carbocycles. The molecule has 0 atom stereocenters. The largest absolute Gasteiger partial charge is 0.350 e. The summed E-state index contributed by atoms with van der Waals surface area (Å²) in [4.78, 5) is 11.3. The summed E-state index contributed by atoms with van der Waals surface area (Å²) in [7, 11) is 2.00. The van der Waals surface area contributed by atoms with Gasteiger partial charge in [-0.1, -0.05) is 6.92 Å². The number of hydrogen-bond acceptors (Lipinski definition) is 2. The van der Waals surface area contributed by atoms with Gasteiger partial charge < -0.3 is 15.2 Å². The molecule has 15 heavy (non-hydrogen) atoms. The number of carbonyl (C=O) groups is 1. The summed E-state index contributed by atoms with van der Waals surface area (Å²) in [5, 5.41) is 5.85. The molecule has 0 unspecified atom stereocenters. The Morgan fingerprint density at radius 1 is 1.47 bits per heavy atom. The minimum absolute atomic E-state index is 0.0377. The molecule has 0 aliphatic carbocycles. The maximum atomic E-state index is 11.3. The van der Waals surface area contributed by atoms with Crippen LogP contribution in [0.3, 0.4) is 0 Å². The molecule has 0 saturated carbocycles. The summed E-state index contributed by atoms with van der Waals surface area (Å²) in [6.07, 6.45) is 0. The summed E-state index contributed by atoms with van der Waals surface area (Å²) in [5.41, 5.74) is 2.32. The predicted octanol–water partition coefficient (Wildman–Crippen LogP) is 0.559. The number of nitrogens with one attached hydrogen (secondary N) is 2. The van der Waals surface area contributed by atoms with Crippen molar-refractivity contribution in [2.75, 3.05) is 13.1 Å². The van der Waals surface area contributed by atoms with Gasteiger partial charge in [-0.3, -0.25) is 4.79 Å². The molecule has 1 rings (SSSR count). The Balaban J connectivity index is 2.37. The van der Waals surface area contributed by atoms with Crippen molar-refractivity contribution in [1.82, 2.24) is 15.2 Å². The molecule has 1 heterocycles. The van der Waals surface area contributed by atoms with E-state index in [0.717, 1.165) is 12.2 Å². The highest BCUT2D eigenvalue weighted by Crippen LogP contribution is 2.04. The van der Waals surface area contributed by atoms with Crippen molar-refractivity contribution in [3.63, 3.8) is 0 Å². The molecular weight excluding hydrogens is 190 g/mol. The van der Waals surface area contributed by atoms with Crippen molar-refractivity contribution in [2.45, 2.75) is 20.4 Å². The van der Waals surface area contributed by atoms with Crippen LogP contribution in [0.15, 0.2) is 12.1 Å². The topological polar surface area (TPSA) is 46.1 Å². The van der Waals surface area contributed by atoms with E-state index < -0.39 is 0 Å². The van der Waals surface area contributed by atoms with E-state index in [1.54, 1.807) is 0 Å². The van der Waals surface area contributed by atoms with Crippen molar-refractivity contribution >= 4 is 5.91 Å². The van der Waals surface area contributed by atoms with Gasteiger partial charge >= 0.3 is 0 Å². The average Bonchev–Trinajstić information content (AvgIpc) is 2.54. The number of hydrogen-bond donors (Lipinski definition) is 2. The molecule has 1 aromatic rings. The van der Waals surface area contributed by atoms with E-state index >= 15 is 0 Å². The molecule has 0 aliphatic heterocycles. The maximum Gasteiger partial charge on any atom is 0.234 e. The van der Waals surface area contributed by atoms with Gasteiger partial charge in [0.15, 0.2) is 0 Å². The predicted molar refractivity (Wildman–Crippen MR) is 60.5 cm³/mol. The van der Waals surface area contributed by atoms with Crippen LogP contribution in [0.4, 0.5) is 0 Å². The Hall–Kier alpha value is -1.29. The van der Waals surface area contributed by atoms with Crippen LogP contribution in [0.1, 0.15) is 18.3 Å². The quantitative estimate of drug-likeness (QED) is 0.744. The van der Waals surface area contributed by atoms with Gasteiger partial charge in [0.1, 0.15) is 0 Å². The second-order valence-corrected chi connectivity index (χ2v) is 3.58. The fraction of sp³-hybridized carbons (Fsp3) is 0.545. The third-order valence-electron chi connectivity index (χ3n) is 2.48. The molecule has 2 N–H and O–H groups in total. The Bertz CT molecular complexity index is 331. The van der Waals surface area contributed by atoms with E-state index in [-0.39, 0.29) is 5.91 Å². The van der Waals surface area contributed by atoms with E-state index in [2.05, 4.69) is 15.2 Å². The Morgan fingerprint density at radius 2 is 2.20 bits per heavy atom. The van der Waals surface area contributed by atoms with Crippen LogP contribution in [0.5, 0.6) is 0 Å². The standard InChI is InChI=1S/C11H19N3O/c1-4-12-8-11(15)13-7-10-6-5-9(2)14(10)3/h5-6,12H,4,7-8H2,1-3H3,(H,13,15). The lowest BCUT2D eigenvalue weighted by Gasteiger charge is -2.07. The summed E-state index contributed by atoms with van der Waals surface area (Å²) < 4.78 is 2.08. The zero-order valence-corrected chi connectivity index (χ0v) is 9.63. The van der Waals surface area contributed by atoms with Crippen molar-refractivity contribution in [2.24, 2.45) is 7.05 Å². The second-order valence-electron chi connectivity index (χ2n) is 3.58. The lowest BCUT2D eigenvalue weighted by atomic mass is 10.4. The monoisotopic (exact) mass is 209 g/mol. The summed E-state index contributed by atoms with van der Waals surface area (Å²) in [5.74, 6) is 0.0377. The van der Waals surface area contributed by atoms with Gasteiger partial charge in [-0.2, -0.15) is 0 Å². The third-order valence-corrected chi connectivity index (χ3v) is 2.48. The highest BCUT2D eigenvalue weighted by molar-refractivity contribution is 5.77. The molecular formula is C11H19N3O. The molecule has 0 saturated heterocycles. The van der Waals surface area contributed by atoms with Crippen LogP contribution in [-0.2, 0) is 18.4 Å². The van der Waals surface area contributed by atoms with Crippen molar-refractivity contribution < 1.29 is 4.79 Å². The first kappa shape index (κ1) is 11.8. The number of likely N-dealkylation sites (N-methyl/N-ethyl adjacent to an activating group) is 1. The number of rotatable bonds is 5. The lowest BCUT2D eigenvalue weighted by Crippen LogP contribution is -2.33. The van der Waals surface area contributed by atoms with E-state index in [9.17, 15) is 4.79 Å². The van der Waals surface area contributed by atoms with Crippen molar-refractivity contribution in [3.05, 3.63) is 23.5 Å². The number of carbonyl (C=O) groups excluding carboxylic acids is 1. The number of aromatic nitrogens is 1. The maximum absolute atomic E-state index is 11.3. The smallest absolute Gasteiger partial charge is 0.234 e. The van der Waals surface area contributed by atoms with Crippen molar-refractivity contribution in [1.29, 1.82) is 0 Å². The number of nitrogens with zero attached hydrogens (tertiary/aromatic N) is 1. The molecule has 84 valence electrons. The van der Waals surface area contributed by atoms with E-state index in [1.165, 1.54) is 5.69 Å². The van der Waals surface area contributed by atoms with Crippen LogP contribution in [0, 0.1) is 6.92 Å². The van der Waals surface area contributed by atoms with Crippen molar-refractivity contribution in [3.8, 4) is 0 Å². The van der Waals surface area contributed by atoms with Gasteiger partial charge in [0.25, 0.3) is 0 Å². The minimum atomic E-state index is 0.0377.